The largest absolute Gasteiger partial charge is 0.378 e. The third kappa shape index (κ3) is 4.67. The lowest BCUT2D eigenvalue weighted by molar-refractivity contribution is -0.384. The topological polar surface area (TPSA) is 106 Å². The van der Waals surface area contributed by atoms with E-state index in [0.717, 1.165) is 0 Å². The number of nitrogens with zero attached hydrogens (tertiary/aromatic N) is 2. The predicted octanol–water partition coefficient (Wildman–Crippen LogP) is 0.985. The van der Waals surface area contributed by atoms with Gasteiger partial charge in [0, 0.05) is 31.4 Å². The number of benzene rings is 1. The number of rotatable bonds is 7. The molecule has 0 aliphatic heterocycles. The van der Waals surface area contributed by atoms with Gasteiger partial charge in [-0.15, -0.1) is 0 Å². The lowest BCUT2D eigenvalue weighted by Crippen LogP contribution is -2.34. The van der Waals surface area contributed by atoms with Gasteiger partial charge in [-0.05, 0) is 12.1 Å². The number of carbonyl (C=O) groups is 1. The average molecular weight is 316 g/mol. The van der Waals surface area contributed by atoms with E-state index < -0.39 is 4.92 Å². The molecule has 8 heteroatoms. The van der Waals surface area contributed by atoms with Crippen molar-refractivity contribution >= 4 is 17.3 Å². The number of pyridine rings is 1. The van der Waals surface area contributed by atoms with E-state index in [0.29, 0.717) is 12.2 Å². The molecular weight excluding hydrogens is 300 g/mol. The molecule has 8 nitrogen and oxygen atoms in total. The van der Waals surface area contributed by atoms with E-state index in [4.69, 9.17) is 0 Å². The van der Waals surface area contributed by atoms with Gasteiger partial charge in [-0.1, -0.05) is 18.2 Å². The molecule has 2 aromatic rings. The summed E-state index contributed by atoms with van der Waals surface area (Å²) < 4.78 is 1.30. The summed E-state index contributed by atoms with van der Waals surface area (Å²) in [6.07, 6.45) is 1.54. The maximum atomic E-state index is 11.7. The Bertz CT molecular complexity index is 757. The quantitative estimate of drug-likeness (QED) is 0.450. The summed E-state index contributed by atoms with van der Waals surface area (Å²) in [5.41, 5.74) is 0.126. The Labute approximate surface area is 131 Å². The molecule has 0 unspecified atom stereocenters. The van der Waals surface area contributed by atoms with E-state index in [9.17, 15) is 19.7 Å². The Morgan fingerprint density at radius 3 is 2.61 bits per heavy atom. The fourth-order valence-electron chi connectivity index (χ4n) is 1.98. The Morgan fingerprint density at radius 2 is 1.87 bits per heavy atom. The molecule has 0 atom stereocenters. The summed E-state index contributed by atoms with van der Waals surface area (Å²) >= 11 is 0. The SMILES string of the molecule is O=C(Cn1ccccc1=O)NCCNc1ccccc1[N+](=O)[O-]. The van der Waals surface area contributed by atoms with Crippen LogP contribution in [0.25, 0.3) is 0 Å². The molecule has 0 aliphatic carbocycles. The van der Waals surface area contributed by atoms with Crippen LogP contribution in [0.2, 0.25) is 0 Å². The maximum absolute atomic E-state index is 11.7. The van der Waals surface area contributed by atoms with E-state index in [1.165, 1.54) is 22.9 Å². The summed E-state index contributed by atoms with van der Waals surface area (Å²) in [5, 5.41) is 16.4. The summed E-state index contributed by atoms with van der Waals surface area (Å²) in [5.74, 6) is -0.303. The first-order valence-corrected chi connectivity index (χ1v) is 6.97. The molecular formula is C15H16N4O4. The number of aromatic nitrogens is 1. The van der Waals surface area contributed by atoms with Crippen molar-refractivity contribution in [2.45, 2.75) is 6.54 Å². The third-order valence-electron chi connectivity index (χ3n) is 3.08. The fourth-order valence-corrected chi connectivity index (χ4v) is 1.98. The molecule has 1 aromatic carbocycles. The van der Waals surface area contributed by atoms with Crippen LogP contribution in [-0.4, -0.2) is 28.5 Å². The van der Waals surface area contributed by atoms with Crippen LogP contribution in [0.1, 0.15) is 0 Å². The van der Waals surface area contributed by atoms with Crippen LogP contribution < -0.4 is 16.2 Å². The maximum Gasteiger partial charge on any atom is 0.292 e. The van der Waals surface area contributed by atoms with Crippen LogP contribution >= 0.6 is 0 Å². The number of nitrogens with one attached hydrogen (secondary N) is 2. The van der Waals surface area contributed by atoms with Gasteiger partial charge >= 0.3 is 0 Å². The van der Waals surface area contributed by atoms with Crippen LogP contribution in [0.5, 0.6) is 0 Å². The molecule has 2 rings (SSSR count). The van der Waals surface area contributed by atoms with Crippen molar-refractivity contribution in [3.63, 3.8) is 0 Å². The van der Waals surface area contributed by atoms with E-state index in [1.54, 1.807) is 30.3 Å². The van der Waals surface area contributed by atoms with E-state index in [1.807, 2.05) is 0 Å². The summed E-state index contributed by atoms with van der Waals surface area (Å²) in [6.45, 7) is 0.553. The fraction of sp³-hybridized carbons (Fsp3) is 0.200. The Balaban J connectivity index is 1.80. The first-order valence-electron chi connectivity index (χ1n) is 6.97. The lowest BCUT2D eigenvalue weighted by atomic mass is 10.2. The van der Waals surface area contributed by atoms with Gasteiger partial charge in [-0.2, -0.15) is 0 Å². The number of para-hydroxylation sites is 2. The van der Waals surface area contributed by atoms with E-state index >= 15 is 0 Å². The van der Waals surface area contributed by atoms with Crippen molar-refractivity contribution < 1.29 is 9.72 Å². The number of nitro benzene ring substituents is 1. The monoisotopic (exact) mass is 316 g/mol. The smallest absolute Gasteiger partial charge is 0.292 e. The van der Waals surface area contributed by atoms with Crippen molar-refractivity contribution in [2.24, 2.45) is 0 Å². The van der Waals surface area contributed by atoms with Gasteiger partial charge in [0.25, 0.3) is 11.2 Å². The minimum atomic E-state index is -0.470. The second-order valence-electron chi connectivity index (χ2n) is 4.72. The molecule has 0 fully saturated rings. The van der Waals surface area contributed by atoms with Gasteiger partial charge in [0.1, 0.15) is 12.2 Å². The normalized spacial score (nSPS) is 10.1. The number of amides is 1. The third-order valence-corrected chi connectivity index (χ3v) is 3.08. The van der Waals surface area contributed by atoms with Crippen molar-refractivity contribution in [3.05, 3.63) is 69.1 Å². The zero-order valence-corrected chi connectivity index (χ0v) is 12.3. The summed E-state index contributed by atoms with van der Waals surface area (Å²) in [4.78, 5) is 33.6. The molecule has 0 radical (unpaired) electrons. The number of carbonyl (C=O) groups excluding carboxylic acids is 1. The van der Waals surface area contributed by atoms with E-state index in [-0.39, 0.29) is 30.2 Å². The van der Waals surface area contributed by atoms with Crippen molar-refractivity contribution in [1.82, 2.24) is 9.88 Å². The molecule has 23 heavy (non-hydrogen) atoms. The Kier molecular flexibility index (Phi) is 5.45. The zero-order chi connectivity index (χ0) is 16.7. The molecule has 0 saturated heterocycles. The van der Waals surface area contributed by atoms with Gasteiger partial charge in [-0.25, -0.2) is 0 Å². The first kappa shape index (κ1) is 16.2. The molecule has 120 valence electrons. The van der Waals surface area contributed by atoms with Crippen LogP contribution in [0.4, 0.5) is 11.4 Å². The molecule has 0 bridgehead atoms. The van der Waals surface area contributed by atoms with Crippen molar-refractivity contribution in [3.8, 4) is 0 Å². The molecule has 0 saturated carbocycles. The number of hydrogen-bond acceptors (Lipinski definition) is 5. The molecule has 0 spiro atoms. The highest BCUT2D eigenvalue weighted by molar-refractivity contribution is 5.75. The summed E-state index contributed by atoms with van der Waals surface area (Å²) in [6, 6.07) is 10.9. The van der Waals surface area contributed by atoms with Gasteiger partial charge in [-0.3, -0.25) is 19.7 Å². The molecule has 1 aromatic heterocycles. The van der Waals surface area contributed by atoms with E-state index in [2.05, 4.69) is 10.6 Å². The molecule has 2 N–H and O–H groups in total. The van der Waals surface area contributed by atoms with Crippen LogP contribution in [-0.2, 0) is 11.3 Å². The van der Waals surface area contributed by atoms with Crippen LogP contribution in [0, 0.1) is 10.1 Å². The molecule has 1 heterocycles. The molecule has 1 amide bonds. The lowest BCUT2D eigenvalue weighted by Gasteiger charge is -2.09. The second-order valence-corrected chi connectivity index (χ2v) is 4.72. The van der Waals surface area contributed by atoms with Gasteiger partial charge in [0.15, 0.2) is 0 Å². The highest BCUT2D eigenvalue weighted by Crippen LogP contribution is 2.22. The van der Waals surface area contributed by atoms with Crippen molar-refractivity contribution in [1.29, 1.82) is 0 Å². The molecule has 0 aliphatic rings. The first-order chi connectivity index (χ1) is 11.1. The predicted molar refractivity (Wildman–Crippen MR) is 85.3 cm³/mol. The number of hydrogen-bond donors (Lipinski definition) is 2. The highest BCUT2D eigenvalue weighted by atomic mass is 16.6. The Hall–Kier alpha value is -3.16. The van der Waals surface area contributed by atoms with Crippen molar-refractivity contribution in [2.75, 3.05) is 18.4 Å². The minimum Gasteiger partial charge on any atom is -0.378 e. The minimum absolute atomic E-state index is 0.0188. The number of anilines is 1. The van der Waals surface area contributed by atoms with Gasteiger partial charge < -0.3 is 15.2 Å². The summed E-state index contributed by atoms with van der Waals surface area (Å²) in [7, 11) is 0. The second kappa shape index (κ2) is 7.74. The highest BCUT2D eigenvalue weighted by Gasteiger charge is 2.11. The standard InChI is InChI=1S/C15H16N4O4/c20-14(11-18-10-4-3-7-15(18)21)17-9-8-16-12-5-1-2-6-13(12)19(22)23/h1-7,10,16H,8-9,11H2,(H,17,20). The van der Waals surface area contributed by atoms with Crippen LogP contribution in [0.15, 0.2) is 53.5 Å². The van der Waals surface area contributed by atoms with Gasteiger partial charge in [0.05, 0.1) is 4.92 Å². The average Bonchev–Trinajstić information content (AvgIpc) is 2.54. The number of nitro groups is 1. The zero-order valence-electron chi connectivity index (χ0n) is 12.3. The van der Waals surface area contributed by atoms with Gasteiger partial charge in [0.2, 0.25) is 5.91 Å². The van der Waals surface area contributed by atoms with Crippen LogP contribution in [0.3, 0.4) is 0 Å². The Morgan fingerprint density at radius 1 is 1.13 bits per heavy atom.